The van der Waals surface area contributed by atoms with Gasteiger partial charge in [0.05, 0.1) is 4.47 Å². The summed E-state index contributed by atoms with van der Waals surface area (Å²) in [4.78, 5) is 10.3. The molecule has 1 rings (SSSR count). The lowest BCUT2D eigenvalue weighted by Crippen LogP contribution is -2.19. The summed E-state index contributed by atoms with van der Waals surface area (Å²) in [6.45, 7) is 1.28. The Bertz CT molecular complexity index is 432. The van der Waals surface area contributed by atoms with Gasteiger partial charge < -0.3 is 4.74 Å². The van der Waals surface area contributed by atoms with Crippen LogP contribution >= 0.6 is 31.9 Å². The Hall–Kier alpha value is -0.560. The summed E-state index contributed by atoms with van der Waals surface area (Å²) >= 11 is 5.99. The molecular formula is C10H7Br2F3O2. The molecule has 0 aliphatic heterocycles. The first-order valence-corrected chi connectivity index (χ1v) is 6.12. The second-order valence-electron chi connectivity index (χ2n) is 3.18. The van der Waals surface area contributed by atoms with E-state index in [1.54, 1.807) is 0 Å². The van der Waals surface area contributed by atoms with E-state index in [-0.39, 0.29) is 15.8 Å². The molecule has 0 aromatic heterocycles. The summed E-state index contributed by atoms with van der Waals surface area (Å²) in [6.07, 6.45) is -4.80. The molecule has 0 spiro atoms. The summed E-state index contributed by atoms with van der Waals surface area (Å²) in [6, 6.07) is 4.33. The van der Waals surface area contributed by atoms with Gasteiger partial charge in [0.2, 0.25) is 0 Å². The second kappa shape index (κ2) is 5.39. The van der Waals surface area contributed by atoms with Crippen LogP contribution in [0.2, 0.25) is 0 Å². The van der Waals surface area contributed by atoms with Gasteiger partial charge in [-0.3, -0.25) is 4.79 Å². The Balaban J connectivity index is 3.22. The number of carbonyl (C=O) groups is 1. The molecule has 0 heterocycles. The summed E-state index contributed by atoms with van der Waals surface area (Å²) in [5.74, 6) is -0.716. The number of halogens is 5. The lowest BCUT2D eigenvalue weighted by molar-refractivity contribution is -0.275. The van der Waals surface area contributed by atoms with Gasteiger partial charge in [-0.25, -0.2) is 0 Å². The third-order valence-electron chi connectivity index (χ3n) is 1.85. The van der Waals surface area contributed by atoms with Crippen LogP contribution in [0, 0.1) is 0 Å². The minimum Gasteiger partial charge on any atom is -0.404 e. The molecule has 1 aromatic rings. The van der Waals surface area contributed by atoms with Crippen LogP contribution in [-0.4, -0.2) is 12.1 Å². The highest BCUT2D eigenvalue weighted by atomic mass is 79.9. The average molecular weight is 376 g/mol. The molecule has 0 aliphatic carbocycles. The van der Waals surface area contributed by atoms with Crippen molar-refractivity contribution in [2.24, 2.45) is 0 Å². The van der Waals surface area contributed by atoms with E-state index in [1.165, 1.54) is 25.1 Å². The fraction of sp³-hybridized carbons (Fsp3) is 0.300. The maximum absolute atomic E-state index is 12.2. The van der Waals surface area contributed by atoms with Crippen LogP contribution in [-0.2, 0) is 4.79 Å². The highest BCUT2D eigenvalue weighted by Crippen LogP contribution is 2.39. The molecule has 1 aromatic carbocycles. The van der Waals surface area contributed by atoms with E-state index in [1.807, 2.05) is 0 Å². The standard InChI is InChI=1S/C10H7Br2F3O2/c1-5(16)8(12)6-3-2-4-7(11)9(6)17-10(13,14)15/h2-4,8H,1H3. The van der Waals surface area contributed by atoms with Gasteiger partial charge in [-0.2, -0.15) is 0 Å². The van der Waals surface area contributed by atoms with Gasteiger partial charge in [0.15, 0.2) is 0 Å². The molecule has 1 atom stereocenters. The van der Waals surface area contributed by atoms with Crippen LogP contribution in [0.25, 0.3) is 0 Å². The van der Waals surface area contributed by atoms with E-state index in [0.717, 1.165) is 0 Å². The number of carbonyl (C=O) groups excluding carboxylic acids is 1. The molecule has 0 saturated carbocycles. The quantitative estimate of drug-likeness (QED) is 0.733. The number of rotatable bonds is 3. The first kappa shape index (κ1) is 14.5. The van der Waals surface area contributed by atoms with Crippen molar-refractivity contribution in [3.05, 3.63) is 28.2 Å². The van der Waals surface area contributed by atoms with Gasteiger partial charge in [-0.05, 0) is 28.9 Å². The number of Topliss-reactive ketones (excluding diaryl/α,β-unsaturated/α-hetero) is 1. The van der Waals surface area contributed by atoms with Gasteiger partial charge in [-0.1, -0.05) is 28.1 Å². The van der Waals surface area contributed by atoms with Crippen molar-refractivity contribution in [2.45, 2.75) is 18.1 Å². The smallest absolute Gasteiger partial charge is 0.404 e. The predicted molar refractivity (Wildman–Crippen MR) is 63.2 cm³/mol. The zero-order chi connectivity index (χ0) is 13.2. The maximum atomic E-state index is 12.2. The van der Waals surface area contributed by atoms with Crippen molar-refractivity contribution in [1.82, 2.24) is 0 Å². The van der Waals surface area contributed by atoms with E-state index >= 15 is 0 Å². The molecule has 0 radical (unpaired) electrons. The fourth-order valence-electron chi connectivity index (χ4n) is 1.17. The minimum atomic E-state index is -4.80. The zero-order valence-electron chi connectivity index (χ0n) is 8.52. The van der Waals surface area contributed by atoms with Crippen LogP contribution in [0.3, 0.4) is 0 Å². The van der Waals surface area contributed by atoms with Crippen molar-refractivity contribution < 1.29 is 22.7 Å². The maximum Gasteiger partial charge on any atom is 0.573 e. The summed E-state index contributed by atoms with van der Waals surface area (Å²) in [7, 11) is 0. The number of para-hydroxylation sites is 1. The van der Waals surface area contributed by atoms with Crippen LogP contribution in [0.4, 0.5) is 13.2 Å². The van der Waals surface area contributed by atoms with E-state index in [9.17, 15) is 18.0 Å². The van der Waals surface area contributed by atoms with E-state index in [2.05, 4.69) is 36.6 Å². The predicted octanol–water partition coefficient (Wildman–Crippen LogP) is 4.37. The van der Waals surface area contributed by atoms with Gasteiger partial charge >= 0.3 is 6.36 Å². The van der Waals surface area contributed by atoms with Crippen LogP contribution in [0.15, 0.2) is 22.7 Å². The van der Waals surface area contributed by atoms with Gasteiger partial charge in [0.1, 0.15) is 16.4 Å². The Labute approximate surface area is 112 Å². The van der Waals surface area contributed by atoms with Crippen molar-refractivity contribution in [3.63, 3.8) is 0 Å². The molecule has 0 bridgehead atoms. The largest absolute Gasteiger partial charge is 0.573 e. The number of ketones is 1. The Morgan fingerprint density at radius 3 is 2.47 bits per heavy atom. The van der Waals surface area contributed by atoms with Gasteiger partial charge in [0.25, 0.3) is 0 Å². The molecule has 1 unspecified atom stereocenters. The lowest BCUT2D eigenvalue weighted by Gasteiger charge is -2.16. The third kappa shape index (κ3) is 3.99. The number of benzene rings is 1. The SMILES string of the molecule is CC(=O)C(Br)c1cccc(Br)c1OC(F)(F)F. The number of hydrogen-bond donors (Lipinski definition) is 0. The molecule has 0 saturated heterocycles. The Morgan fingerprint density at radius 2 is 2.00 bits per heavy atom. The lowest BCUT2D eigenvalue weighted by atomic mass is 10.1. The Kier molecular flexibility index (Phi) is 4.60. The average Bonchev–Trinajstić information content (AvgIpc) is 2.18. The molecular weight excluding hydrogens is 369 g/mol. The molecule has 0 fully saturated rings. The first-order valence-electron chi connectivity index (χ1n) is 4.41. The van der Waals surface area contributed by atoms with Gasteiger partial charge in [0, 0.05) is 5.56 Å². The van der Waals surface area contributed by atoms with Crippen molar-refractivity contribution in [1.29, 1.82) is 0 Å². The third-order valence-corrected chi connectivity index (χ3v) is 3.61. The highest BCUT2D eigenvalue weighted by molar-refractivity contribution is 9.10. The van der Waals surface area contributed by atoms with E-state index < -0.39 is 16.9 Å². The van der Waals surface area contributed by atoms with Crippen molar-refractivity contribution >= 4 is 37.6 Å². The van der Waals surface area contributed by atoms with Gasteiger partial charge in [-0.15, -0.1) is 13.2 Å². The van der Waals surface area contributed by atoms with E-state index in [0.29, 0.717) is 0 Å². The van der Waals surface area contributed by atoms with Crippen LogP contribution in [0.1, 0.15) is 17.3 Å². The minimum absolute atomic E-state index is 0.129. The van der Waals surface area contributed by atoms with Crippen LogP contribution in [0.5, 0.6) is 5.75 Å². The molecule has 0 amide bonds. The summed E-state index contributed by atoms with van der Waals surface area (Å²) in [5.41, 5.74) is 0.129. The number of ether oxygens (including phenoxy) is 1. The highest BCUT2D eigenvalue weighted by Gasteiger charge is 2.34. The zero-order valence-corrected chi connectivity index (χ0v) is 11.7. The number of alkyl halides is 4. The Morgan fingerprint density at radius 1 is 1.41 bits per heavy atom. The fourth-order valence-corrected chi connectivity index (χ4v) is 1.99. The second-order valence-corrected chi connectivity index (χ2v) is 4.95. The molecule has 17 heavy (non-hydrogen) atoms. The number of hydrogen-bond acceptors (Lipinski definition) is 2. The summed E-state index contributed by atoms with van der Waals surface area (Å²) in [5, 5.41) is 0. The molecule has 0 aliphatic rings. The summed E-state index contributed by atoms with van der Waals surface area (Å²) < 4.78 is 40.7. The first-order chi connectivity index (χ1) is 7.72. The molecule has 7 heteroatoms. The van der Waals surface area contributed by atoms with Crippen molar-refractivity contribution in [3.8, 4) is 5.75 Å². The van der Waals surface area contributed by atoms with E-state index in [4.69, 9.17) is 0 Å². The molecule has 94 valence electrons. The molecule has 0 N–H and O–H groups in total. The van der Waals surface area contributed by atoms with Crippen LogP contribution < -0.4 is 4.74 Å². The topological polar surface area (TPSA) is 26.3 Å². The molecule has 2 nitrogen and oxygen atoms in total. The normalized spacial score (nSPS) is 13.3. The van der Waals surface area contributed by atoms with Crippen molar-refractivity contribution in [2.75, 3.05) is 0 Å². The monoisotopic (exact) mass is 374 g/mol.